The number of rotatable bonds is 8. The lowest BCUT2D eigenvalue weighted by Crippen LogP contribution is -2.53. The smallest absolute Gasteiger partial charge is 0.236 e. The topological polar surface area (TPSA) is 101 Å². The van der Waals surface area contributed by atoms with Crippen molar-refractivity contribution in [1.82, 2.24) is 10.3 Å². The summed E-state index contributed by atoms with van der Waals surface area (Å²) in [6.07, 6.45) is 3.97. The number of fused-ring (bicyclic) bond motifs is 2. The van der Waals surface area contributed by atoms with Crippen LogP contribution in [0.15, 0.2) is 0 Å². The Hall–Kier alpha value is -1.16. The van der Waals surface area contributed by atoms with Crippen LogP contribution in [0.2, 0.25) is 0 Å². The molecule has 9 heteroatoms. The molecule has 0 saturated heterocycles. The summed E-state index contributed by atoms with van der Waals surface area (Å²) in [5.41, 5.74) is 0.950. The second kappa shape index (κ2) is 10.2. The molecule has 1 fully saturated rings. The number of methoxy groups -OCH3 is 1. The molecule has 0 spiro atoms. The summed E-state index contributed by atoms with van der Waals surface area (Å²) in [5, 5.41) is 17.9. The number of amides is 2. The molecule has 6 atom stereocenters. The number of carbonyl (C=O) groups is 2. The Kier molecular flexibility index (Phi) is 8.05. The van der Waals surface area contributed by atoms with Crippen molar-refractivity contribution >= 4 is 40.0 Å². The average molecular weight is 470 g/mol. The molecule has 0 radical (unpaired) electrons. The van der Waals surface area contributed by atoms with Crippen LogP contribution in [0.4, 0.5) is 5.13 Å². The van der Waals surface area contributed by atoms with Gasteiger partial charge in [-0.1, -0.05) is 20.8 Å². The lowest BCUT2D eigenvalue weighted by Gasteiger charge is -2.53. The molecule has 2 aliphatic rings. The highest BCUT2D eigenvalue weighted by molar-refractivity contribution is 7.99. The second-order valence-corrected chi connectivity index (χ2v) is 11.2. The van der Waals surface area contributed by atoms with E-state index in [1.165, 1.54) is 16.6 Å². The normalized spacial score (nSPS) is 30.8. The highest BCUT2D eigenvalue weighted by Crippen LogP contribution is 2.57. The van der Waals surface area contributed by atoms with Gasteiger partial charge in [-0.3, -0.25) is 9.59 Å². The molecule has 2 amide bonds. The first kappa shape index (κ1) is 24.5. The highest BCUT2D eigenvalue weighted by Gasteiger charge is 2.53. The van der Waals surface area contributed by atoms with Crippen LogP contribution in [-0.2, 0) is 20.7 Å². The molecule has 1 heterocycles. The third-order valence-electron chi connectivity index (χ3n) is 7.11. The number of nitrogens with one attached hydrogen (secondary N) is 2. The number of thioether (sulfide) groups is 1. The molecule has 0 aliphatic heterocycles. The molecule has 1 aromatic heterocycles. The zero-order valence-electron chi connectivity index (χ0n) is 19.1. The van der Waals surface area contributed by atoms with Crippen molar-refractivity contribution < 1.29 is 19.4 Å². The Bertz CT molecular complexity index is 802. The maximum absolute atomic E-state index is 12.6. The van der Waals surface area contributed by atoms with E-state index in [4.69, 9.17) is 9.72 Å². The number of ether oxygens (including phenoxy) is 1. The second-order valence-electron chi connectivity index (χ2n) is 9.22. The van der Waals surface area contributed by atoms with Gasteiger partial charge in [-0.2, -0.15) is 11.8 Å². The summed E-state index contributed by atoms with van der Waals surface area (Å²) < 4.78 is 5.01. The third kappa shape index (κ3) is 5.10. The van der Waals surface area contributed by atoms with Crippen LogP contribution in [0.3, 0.4) is 0 Å². The zero-order chi connectivity index (χ0) is 22.8. The molecule has 6 unspecified atom stereocenters. The van der Waals surface area contributed by atoms with E-state index in [-0.39, 0.29) is 40.9 Å². The fourth-order valence-electron chi connectivity index (χ4n) is 5.52. The SMILES string of the molecule is COCCNC(=O)C(C)C1CCC2(C)Cc3sc(NC(=O)CSC)nc3C(C)C2C1O. The van der Waals surface area contributed by atoms with Gasteiger partial charge in [0.25, 0.3) is 0 Å². The molecule has 7 nitrogen and oxygen atoms in total. The van der Waals surface area contributed by atoms with Crippen LogP contribution < -0.4 is 10.6 Å². The fraction of sp³-hybridized carbons (Fsp3) is 0.773. The van der Waals surface area contributed by atoms with Crippen LogP contribution in [0.5, 0.6) is 0 Å². The number of aromatic nitrogens is 1. The lowest BCUT2D eigenvalue weighted by atomic mass is 9.53. The minimum absolute atomic E-state index is 0.0266. The van der Waals surface area contributed by atoms with Crippen LogP contribution in [-0.4, -0.2) is 60.3 Å². The van der Waals surface area contributed by atoms with E-state index in [1.807, 2.05) is 13.2 Å². The van der Waals surface area contributed by atoms with E-state index in [2.05, 4.69) is 24.5 Å². The van der Waals surface area contributed by atoms with Crippen molar-refractivity contribution in [2.24, 2.45) is 23.2 Å². The lowest BCUT2D eigenvalue weighted by molar-refractivity contribution is -0.135. The maximum atomic E-state index is 12.6. The molecule has 0 bridgehead atoms. The molecule has 3 rings (SSSR count). The first-order chi connectivity index (χ1) is 14.7. The van der Waals surface area contributed by atoms with Gasteiger partial charge in [-0.25, -0.2) is 4.98 Å². The maximum Gasteiger partial charge on any atom is 0.236 e. The molecule has 1 saturated carbocycles. The van der Waals surface area contributed by atoms with Crippen LogP contribution in [0.25, 0.3) is 0 Å². The number of aliphatic hydroxyl groups is 1. The van der Waals surface area contributed by atoms with E-state index in [0.717, 1.165) is 25.0 Å². The molecule has 0 aromatic carbocycles. The van der Waals surface area contributed by atoms with Crippen LogP contribution in [0.1, 0.15) is 50.1 Å². The van der Waals surface area contributed by atoms with Gasteiger partial charge in [-0.05, 0) is 42.8 Å². The van der Waals surface area contributed by atoms with Crippen molar-refractivity contribution in [3.8, 4) is 0 Å². The standard InChI is InChI=1S/C22H35N3O4S2/c1-12(20(28)23-8-9-29-4)14-6-7-22(3)10-15-18(13(2)17(22)19(14)27)25-21(31-15)24-16(26)11-30-5/h12-14,17,19,27H,6-11H2,1-5H3,(H,23,28)(H,24,25,26). The van der Waals surface area contributed by atoms with Crippen molar-refractivity contribution in [2.75, 3.05) is 37.6 Å². The van der Waals surface area contributed by atoms with Gasteiger partial charge in [0, 0.05) is 30.4 Å². The molecule has 31 heavy (non-hydrogen) atoms. The van der Waals surface area contributed by atoms with Gasteiger partial charge in [0.1, 0.15) is 0 Å². The van der Waals surface area contributed by atoms with Gasteiger partial charge in [-0.15, -0.1) is 11.3 Å². The van der Waals surface area contributed by atoms with Crippen LogP contribution in [0, 0.1) is 23.2 Å². The van der Waals surface area contributed by atoms with Crippen LogP contribution >= 0.6 is 23.1 Å². The summed E-state index contributed by atoms with van der Waals surface area (Å²) in [5.74, 6) is 0.100. The zero-order valence-corrected chi connectivity index (χ0v) is 20.7. The summed E-state index contributed by atoms with van der Waals surface area (Å²) in [6, 6.07) is 0. The Balaban J connectivity index is 1.77. The summed E-state index contributed by atoms with van der Waals surface area (Å²) >= 11 is 3.05. The number of carbonyl (C=O) groups excluding carboxylic acids is 2. The molecule has 174 valence electrons. The fourth-order valence-corrected chi connectivity index (χ4v) is 7.13. The highest BCUT2D eigenvalue weighted by atomic mass is 32.2. The molecule has 3 N–H and O–H groups in total. The first-order valence-corrected chi connectivity index (χ1v) is 13.2. The predicted molar refractivity (Wildman–Crippen MR) is 126 cm³/mol. The van der Waals surface area contributed by atoms with Crippen molar-refractivity contribution in [1.29, 1.82) is 0 Å². The minimum atomic E-state index is -0.568. The van der Waals surface area contributed by atoms with Gasteiger partial charge < -0.3 is 20.5 Å². The number of thiazole rings is 1. The average Bonchev–Trinajstić information content (AvgIpc) is 3.09. The third-order valence-corrected chi connectivity index (χ3v) is 8.64. The van der Waals surface area contributed by atoms with Crippen molar-refractivity contribution in [2.45, 2.75) is 52.1 Å². The van der Waals surface area contributed by atoms with E-state index in [0.29, 0.717) is 24.0 Å². The van der Waals surface area contributed by atoms with E-state index >= 15 is 0 Å². The van der Waals surface area contributed by atoms with Gasteiger partial charge in [0.2, 0.25) is 11.8 Å². The van der Waals surface area contributed by atoms with Gasteiger partial charge in [0.15, 0.2) is 5.13 Å². The Morgan fingerprint density at radius 1 is 1.45 bits per heavy atom. The van der Waals surface area contributed by atoms with Crippen molar-refractivity contribution in [3.05, 3.63) is 10.6 Å². The summed E-state index contributed by atoms with van der Waals surface area (Å²) in [7, 11) is 1.61. The Morgan fingerprint density at radius 3 is 2.87 bits per heavy atom. The molecular weight excluding hydrogens is 434 g/mol. The first-order valence-electron chi connectivity index (χ1n) is 10.9. The number of hydrogen-bond acceptors (Lipinski definition) is 7. The Morgan fingerprint density at radius 2 is 2.19 bits per heavy atom. The number of anilines is 1. The number of aliphatic hydroxyl groups excluding tert-OH is 1. The summed E-state index contributed by atoms with van der Waals surface area (Å²) in [6.45, 7) is 7.26. The van der Waals surface area contributed by atoms with E-state index in [1.54, 1.807) is 18.4 Å². The summed E-state index contributed by atoms with van der Waals surface area (Å²) in [4.78, 5) is 30.6. The van der Waals surface area contributed by atoms with Gasteiger partial charge in [0.05, 0.1) is 24.2 Å². The van der Waals surface area contributed by atoms with E-state index in [9.17, 15) is 14.7 Å². The minimum Gasteiger partial charge on any atom is -0.392 e. The van der Waals surface area contributed by atoms with Gasteiger partial charge >= 0.3 is 0 Å². The Labute approximate surface area is 193 Å². The largest absolute Gasteiger partial charge is 0.392 e. The molecule has 2 aliphatic carbocycles. The van der Waals surface area contributed by atoms with Crippen molar-refractivity contribution in [3.63, 3.8) is 0 Å². The monoisotopic (exact) mass is 469 g/mol. The quantitative estimate of drug-likeness (QED) is 0.506. The van der Waals surface area contributed by atoms with E-state index < -0.39 is 6.10 Å². The molecular formula is C22H35N3O4S2. The molecule has 1 aromatic rings. The number of hydrogen-bond donors (Lipinski definition) is 3. The predicted octanol–water partition coefficient (Wildman–Crippen LogP) is 2.90. The number of nitrogens with zero attached hydrogens (tertiary/aromatic N) is 1.